The molecule has 1 heterocycles. The Labute approximate surface area is 89.4 Å². The van der Waals surface area contributed by atoms with E-state index in [0.717, 1.165) is 23.3 Å². The monoisotopic (exact) mass is 205 g/mol. The van der Waals surface area contributed by atoms with Gasteiger partial charge in [-0.1, -0.05) is 17.2 Å². The van der Waals surface area contributed by atoms with E-state index < -0.39 is 0 Å². The summed E-state index contributed by atoms with van der Waals surface area (Å²) in [7, 11) is 0. The van der Waals surface area contributed by atoms with Crippen molar-refractivity contribution in [3.63, 3.8) is 0 Å². The van der Waals surface area contributed by atoms with Gasteiger partial charge < -0.3 is 10.1 Å². The maximum Gasteiger partial charge on any atom is 0.251 e. The van der Waals surface area contributed by atoms with Gasteiger partial charge in [0.1, 0.15) is 0 Å². The Morgan fingerprint density at radius 3 is 2.53 bits per heavy atom. The van der Waals surface area contributed by atoms with Crippen LogP contribution in [0.25, 0.3) is 0 Å². The zero-order chi connectivity index (χ0) is 10.8. The van der Waals surface area contributed by atoms with Gasteiger partial charge in [0.15, 0.2) is 0 Å². The summed E-state index contributed by atoms with van der Waals surface area (Å²) in [4.78, 5) is 11.7. The zero-order valence-corrected chi connectivity index (χ0v) is 9.04. The van der Waals surface area contributed by atoms with E-state index in [4.69, 9.17) is 4.74 Å². The summed E-state index contributed by atoms with van der Waals surface area (Å²) in [5.74, 6) is -0.0164. The summed E-state index contributed by atoms with van der Waals surface area (Å²) in [5, 5.41) is 2.85. The molecule has 1 N–H and O–H groups in total. The Bertz CT molecular complexity index is 363. The number of benzene rings is 1. The molecule has 2 rings (SSSR count). The molecule has 1 aromatic carbocycles. The van der Waals surface area contributed by atoms with Crippen molar-refractivity contribution in [2.24, 2.45) is 0 Å². The summed E-state index contributed by atoms with van der Waals surface area (Å²) in [6.07, 6.45) is 0.236. The highest BCUT2D eigenvalue weighted by Gasteiger charge is 2.22. The van der Waals surface area contributed by atoms with Gasteiger partial charge in [0.05, 0.1) is 12.7 Å². The van der Waals surface area contributed by atoms with Gasteiger partial charge in [-0.25, -0.2) is 0 Å². The average Bonchev–Trinajstić information content (AvgIpc) is 2.96. The molecule has 0 radical (unpaired) electrons. The van der Waals surface area contributed by atoms with Gasteiger partial charge in [-0.3, -0.25) is 4.79 Å². The number of rotatable bonds is 3. The molecule has 1 aliphatic heterocycles. The molecule has 0 aliphatic carbocycles. The molecule has 0 bridgehead atoms. The van der Waals surface area contributed by atoms with Crippen LogP contribution in [-0.2, 0) is 4.74 Å². The first-order chi connectivity index (χ1) is 7.15. The van der Waals surface area contributed by atoms with Gasteiger partial charge in [-0.15, -0.1) is 0 Å². The minimum atomic E-state index is -0.0164. The van der Waals surface area contributed by atoms with Crippen LogP contribution in [0.5, 0.6) is 0 Å². The van der Waals surface area contributed by atoms with Crippen LogP contribution < -0.4 is 5.32 Å². The smallest absolute Gasteiger partial charge is 0.251 e. The molecule has 0 aromatic heterocycles. The van der Waals surface area contributed by atoms with Gasteiger partial charge in [-0.2, -0.15) is 0 Å². The number of amides is 1. The van der Waals surface area contributed by atoms with E-state index in [1.165, 1.54) is 0 Å². The predicted octanol–water partition coefficient (Wildman–Crippen LogP) is 1.43. The van der Waals surface area contributed by atoms with Crippen LogP contribution in [0.3, 0.4) is 0 Å². The Kier molecular flexibility index (Phi) is 2.73. The Morgan fingerprint density at radius 1 is 1.40 bits per heavy atom. The number of aryl methyl sites for hydroxylation is 2. The number of nitrogens with one attached hydrogen (secondary N) is 1. The SMILES string of the molecule is Cc1cc(C)cc(C(=O)NC[C@@H]2CO2)c1. The molecule has 3 nitrogen and oxygen atoms in total. The van der Waals surface area contributed by atoms with Crippen LogP contribution >= 0.6 is 0 Å². The maximum atomic E-state index is 11.7. The van der Waals surface area contributed by atoms with Crippen molar-refractivity contribution in [2.45, 2.75) is 20.0 Å². The van der Waals surface area contributed by atoms with E-state index in [1.807, 2.05) is 26.0 Å². The second-order valence-corrected chi connectivity index (χ2v) is 4.04. The molecule has 3 heteroatoms. The largest absolute Gasteiger partial charge is 0.371 e. The first-order valence-electron chi connectivity index (χ1n) is 5.13. The predicted molar refractivity (Wildman–Crippen MR) is 58.0 cm³/mol. The van der Waals surface area contributed by atoms with Crippen LogP contribution in [0.2, 0.25) is 0 Å². The van der Waals surface area contributed by atoms with Crippen LogP contribution in [-0.4, -0.2) is 25.2 Å². The average molecular weight is 205 g/mol. The Morgan fingerprint density at radius 2 is 2.00 bits per heavy atom. The fraction of sp³-hybridized carbons (Fsp3) is 0.417. The van der Waals surface area contributed by atoms with Crippen LogP contribution in [0.4, 0.5) is 0 Å². The van der Waals surface area contributed by atoms with Crippen molar-refractivity contribution >= 4 is 5.91 Å². The first-order valence-corrected chi connectivity index (χ1v) is 5.13. The zero-order valence-electron chi connectivity index (χ0n) is 9.04. The number of carbonyl (C=O) groups excluding carboxylic acids is 1. The standard InChI is InChI=1S/C12H15NO2/c1-8-3-9(2)5-10(4-8)12(14)13-6-11-7-15-11/h3-5,11H,6-7H2,1-2H3,(H,13,14)/t11-/m1/s1. The van der Waals surface area contributed by atoms with Crippen LogP contribution in [0.1, 0.15) is 21.5 Å². The number of hydrogen-bond donors (Lipinski definition) is 1. The van der Waals surface area contributed by atoms with Crippen LogP contribution in [0.15, 0.2) is 18.2 Å². The molecule has 1 amide bonds. The lowest BCUT2D eigenvalue weighted by Crippen LogP contribution is -2.27. The molecule has 80 valence electrons. The van der Waals surface area contributed by atoms with Crippen molar-refractivity contribution in [1.82, 2.24) is 5.32 Å². The van der Waals surface area contributed by atoms with Crippen LogP contribution in [0, 0.1) is 13.8 Å². The number of ether oxygens (including phenoxy) is 1. The molecule has 1 fully saturated rings. The lowest BCUT2D eigenvalue weighted by molar-refractivity contribution is 0.0950. The normalized spacial score (nSPS) is 18.7. The summed E-state index contributed by atoms with van der Waals surface area (Å²) < 4.78 is 5.03. The quantitative estimate of drug-likeness (QED) is 0.758. The van der Waals surface area contributed by atoms with Gasteiger partial charge in [0, 0.05) is 12.1 Å². The fourth-order valence-corrected chi connectivity index (χ4v) is 1.60. The Hall–Kier alpha value is -1.35. The van der Waals surface area contributed by atoms with E-state index >= 15 is 0 Å². The highest BCUT2D eigenvalue weighted by molar-refractivity contribution is 5.94. The summed E-state index contributed by atoms with van der Waals surface area (Å²) in [5.41, 5.74) is 2.96. The number of carbonyl (C=O) groups is 1. The summed E-state index contributed by atoms with van der Waals surface area (Å²) in [6, 6.07) is 5.85. The van der Waals surface area contributed by atoms with Gasteiger partial charge in [0.25, 0.3) is 5.91 Å². The molecule has 0 unspecified atom stereocenters. The molecular weight excluding hydrogens is 190 g/mol. The fourth-order valence-electron chi connectivity index (χ4n) is 1.60. The molecule has 1 atom stereocenters. The lowest BCUT2D eigenvalue weighted by atomic mass is 10.1. The van der Waals surface area contributed by atoms with Crippen molar-refractivity contribution < 1.29 is 9.53 Å². The highest BCUT2D eigenvalue weighted by Crippen LogP contribution is 2.10. The lowest BCUT2D eigenvalue weighted by Gasteiger charge is -2.05. The molecule has 1 saturated heterocycles. The van der Waals surface area contributed by atoms with Crippen molar-refractivity contribution in [3.8, 4) is 0 Å². The van der Waals surface area contributed by atoms with E-state index in [-0.39, 0.29) is 12.0 Å². The van der Waals surface area contributed by atoms with E-state index in [2.05, 4.69) is 11.4 Å². The van der Waals surface area contributed by atoms with E-state index in [9.17, 15) is 4.79 Å². The molecule has 0 spiro atoms. The van der Waals surface area contributed by atoms with E-state index in [1.54, 1.807) is 0 Å². The maximum absolute atomic E-state index is 11.7. The number of hydrogen-bond acceptors (Lipinski definition) is 2. The Balaban J connectivity index is 2.02. The third kappa shape index (κ3) is 2.80. The van der Waals surface area contributed by atoms with Crippen molar-refractivity contribution in [3.05, 3.63) is 34.9 Å². The third-order valence-electron chi connectivity index (χ3n) is 2.38. The first kappa shape index (κ1) is 10.2. The topological polar surface area (TPSA) is 41.6 Å². The summed E-state index contributed by atoms with van der Waals surface area (Å²) in [6.45, 7) is 5.38. The molecule has 0 saturated carbocycles. The highest BCUT2D eigenvalue weighted by atomic mass is 16.6. The van der Waals surface area contributed by atoms with Crippen molar-refractivity contribution in [1.29, 1.82) is 0 Å². The molecule has 1 aliphatic rings. The second-order valence-electron chi connectivity index (χ2n) is 4.04. The molecule has 1 aromatic rings. The molecular formula is C12H15NO2. The number of epoxide rings is 1. The second kappa shape index (κ2) is 4.03. The summed E-state index contributed by atoms with van der Waals surface area (Å²) >= 11 is 0. The van der Waals surface area contributed by atoms with Crippen molar-refractivity contribution in [2.75, 3.05) is 13.2 Å². The minimum absolute atomic E-state index is 0.0164. The third-order valence-corrected chi connectivity index (χ3v) is 2.38. The van der Waals surface area contributed by atoms with Gasteiger partial charge >= 0.3 is 0 Å². The molecule has 15 heavy (non-hydrogen) atoms. The minimum Gasteiger partial charge on any atom is -0.371 e. The van der Waals surface area contributed by atoms with Gasteiger partial charge in [-0.05, 0) is 26.0 Å². The van der Waals surface area contributed by atoms with E-state index in [0.29, 0.717) is 6.54 Å². The van der Waals surface area contributed by atoms with Gasteiger partial charge in [0.2, 0.25) is 0 Å².